The first-order valence-electron chi connectivity index (χ1n) is 8.33. The Labute approximate surface area is 158 Å². The third-order valence-electron chi connectivity index (χ3n) is 3.96. The molecule has 0 aromatic heterocycles. The van der Waals surface area contributed by atoms with E-state index in [1.54, 1.807) is 5.32 Å². The van der Waals surface area contributed by atoms with Crippen LogP contribution in [0.3, 0.4) is 0 Å². The number of halogens is 3. The highest BCUT2D eigenvalue weighted by Gasteiger charge is 2.68. The topological polar surface area (TPSA) is 108 Å². The number of amides is 6. The zero-order valence-electron chi connectivity index (χ0n) is 15.1. The Morgan fingerprint density at radius 2 is 1.79 bits per heavy atom. The van der Waals surface area contributed by atoms with Crippen molar-refractivity contribution in [1.82, 2.24) is 20.9 Å². The van der Waals surface area contributed by atoms with Crippen molar-refractivity contribution in [3.63, 3.8) is 0 Å². The zero-order valence-corrected chi connectivity index (χ0v) is 15.1. The van der Waals surface area contributed by atoms with E-state index in [9.17, 15) is 32.3 Å². The van der Waals surface area contributed by atoms with Gasteiger partial charge in [-0.05, 0) is 11.5 Å². The van der Waals surface area contributed by atoms with Crippen molar-refractivity contribution in [2.45, 2.75) is 25.6 Å². The molecule has 1 saturated heterocycles. The van der Waals surface area contributed by atoms with Crippen LogP contribution in [0.25, 0.3) is 0 Å². The van der Waals surface area contributed by atoms with Gasteiger partial charge in [0.15, 0.2) is 0 Å². The van der Waals surface area contributed by atoms with Crippen molar-refractivity contribution in [3.8, 4) is 0 Å². The Bertz CT molecular complexity index is 782. The number of hydrogen-bond donors (Lipinski definition) is 3. The summed E-state index contributed by atoms with van der Waals surface area (Å²) in [7, 11) is 0. The summed E-state index contributed by atoms with van der Waals surface area (Å²) in [6.45, 7) is 2.85. The fourth-order valence-corrected chi connectivity index (χ4v) is 2.61. The van der Waals surface area contributed by atoms with Crippen LogP contribution < -0.4 is 16.0 Å². The van der Waals surface area contributed by atoms with Gasteiger partial charge >= 0.3 is 18.2 Å². The number of imide groups is 2. The molecule has 1 fully saturated rings. The van der Waals surface area contributed by atoms with Gasteiger partial charge in [0.05, 0.1) is 0 Å². The average molecular weight is 400 g/mol. The molecule has 2 rings (SSSR count). The molecule has 0 bridgehead atoms. The molecular weight excluding hydrogens is 381 g/mol. The third-order valence-corrected chi connectivity index (χ3v) is 3.96. The summed E-state index contributed by atoms with van der Waals surface area (Å²) in [6, 6.07) is 3.87. The maximum Gasteiger partial charge on any atom is 0.425 e. The maximum atomic E-state index is 13.8. The molecule has 11 heteroatoms. The monoisotopic (exact) mass is 400 g/mol. The fourth-order valence-electron chi connectivity index (χ4n) is 2.61. The van der Waals surface area contributed by atoms with Gasteiger partial charge in [-0.3, -0.25) is 19.8 Å². The van der Waals surface area contributed by atoms with Crippen LogP contribution in [0.15, 0.2) is 30.3 Å². The second-order valence-corrected chi connectivity index (χ2v) is 6.59. The molecule has 1 aromatic rings. The molecule has 1 heterocycles. The molecule has 8 nitrogen and oxygen atoms in total. The Morgan fingerprint density at radius 3 is 2.32 bits per heavy atom. The van der Waals surface area contributed by atoms with Crippen LogP contribution in [0.1, 0.15) is 19.4 Å². The van der Waals surface area contributed by atoms with Crippen LogP contribution in [0.2, 0.25) is 0 Å². The molecule has 3 N–H and O–H groups in total. The minimum absolute atomic E-state index is 0.102. The molecule has 0 aliphatic carbocycles. The zero-order chi connectivity index (χ0) is 21.1. The normalized spacial score (nSPS) is 19.6. The Kier molecular flexibility index (Phi) is 5.95. The predicted molar refractivity (Wildman–Crippen MR) is 90.8 cm³/mol. The lowest BCUT2D eigenvalue weighted by Crippen LogP contribution is -2.56. The quantitative estimate of drug-likeness (QED) is 0.651. The Morgan fingerprint density at radius 1 is 1.18 bits per heavy atom. The number of carbonyl (C=O) groups excluding carboxylic acids is 4. The van der Waals surface area contributed by atoms with Gasteiger partial charge in [0.2, 0.25) is 11.4 Å². The first-order valence-corrected chi connectivity index (χ1v) is 8.33. The number of alkyl halides is 3. The van der Waals surface area contributed by atoms with Gasteiger partial charge in [-0.2, -0.15) is 13.2 Å². The highest BCUT2D eigenvalue weighted by Crippen LogP contribution is 2.43. The number of nitrogens with zero attached hydrogens (tertiary/aromatic N) is 1. The standard InChI is InChI=1S/C17H19F3N4O4/c1-10(2)8-21-14(27)22-12(25)9-24-13(26)16(17(18,19)20,23-15(24)28)11-6-4-3-5-7-11/h3-7,10H,8-9H2,1-2H3,(H,23,28)(H2,21,22,25,27). The third kappa shape index (κ3) is 4.07. The Balaban J connectivity index is 2.20. The number of nitrogens with one attached hydrogen (secondary N) is 3. The van der Waals surface area contributed by atoms with Gasteiger partial charge in [-0.1, -0.05) is 44.2 Å². The second kappa shape index (κ2) is 7.87. The van der Waals surface area contributed by atoms with Crippen molar-refractivity contribution in [2.24, 2.45) is 5.92 Å². The molecule has 1 aliphatic rings. The van der Waals surface area contributed by atoms with Gasteiger partial charge in [-0.25, -0.2) is 9.59 Å². The number of carbonyl (C=O) groups is 4. The van der Waals surface area contributed by atoms with E-state index in [0.29, 0.717) is 0 Å². The van der Waals surface area contributed by atoms with Crippen molar-refractivity contribution >= 4 is 23.9 Å². The minimum Gasteiger partial charge on any atom is -0.338 e. The molecule has 28 heavy (non-hydrogen) atoms. The van der Waals surface area contributed by atoms with Crippen molar-refractivity contribution in [3.05, 3.63) is 35.9 Å². The molecule has 0 spiro atoms. The summed E-state index contributed by atoms with van der Waals surface area (Å²) in [5.41, 5.74) is -3.79. The molecule has 152 valence electrons. The molecular formula is C17H19F3N4O4. The van der Waals surface area contributed by atoms with Gasteiger partial charge in [0, 0.05) is 6.54 Å². The van der Waals surface area contributed by atoms with Crippen LogP contribution in [0.4, 0.5) is 22.8 Å². The molecule has 0 radical (unpaired) electrons. The van der Waals surface area contributed by atoms with E-state index in [1.807, 2.05) is 19.2 Å². The van der Waals surface area contributed by atoms with Crippen LogP contribution in [-0.4, -0.2) is 48.0 Å². The number of benzene rings is 1. The lowest BCUT2D eigenvalue weighted by atomic mass is 9.89. The van der Waals surface area contributed by atoms with Crippen molar-refractivity contribution in [1.29, 1.82) is 0 Å². The minimum atomic E-state index is -5.15. The molecule has 1 unspecified atom stereocenters. The van der Waals surface area contributed by atoms with Crippen LogP contribution in [-0.2, 0) is 15.1 Å². The summed E-state index contributed by atoms with van der Waals surface area (Å²) >= 11 is 0. The SMILES string of the molecule is CC(C)CNC(=O)NC(=O)CN1C(=O)NC(c2ccccc2)(C(F)(F)F)C1=O. The number of hydrogen-bond acceptors (Lipinski definition) is 4. The molecule has 6 amide bonds. The van der Waals surface area contributed by atoms with E-state index in [0.717, 1.165) is 12.1 Å². The van der Waals surface area contributed by atoms with Gasteiger partial charge in [0.25, 0.3) is 5.91 Å². The van der Waals surface area contributed by atoms with Gasteiger partial charge in [-0.15, -0.1) is 0 Å². The van der Waals surface area contributed by atoms with E-state index in [2.05, 4.69) is 5.32 Å². The molecule has 1 aromatic carbocycles. The van der Waals surface area contributed by atoms with Crippen molar-refractivity contribution in [2.75, 3.05) is 13.1 Å². The maximum absolute atomic E-state index is 13.8. The molecule has 0 saturated carbocycles. The van der Waals surface area contributed by atoms with E-state index in [4.69, 9.17) is 0 Å². The summed E-state index contributed by atoms with van der Waals surface area (Å²) in [6.07, 6.45) is -5.15. The van der Waals surface area contributed by atoms with Crippen LogP contribution >= 0.6 is 0 Å². The van der Waals surface area contributed by atoms with Gasteiger partial charge in [0.1, 0.15) is 6.54 Å². The lowest BCUT2D eigenvalue weighted by Gasteiger charge is -2.29. The van der Waals surface area contributed by atoms with Crippen molar-refractivity contribution < 1.29 is 32.3 Å². The summed E-state index contributed by atoms with van der Waals surface area (Å²) in [4.78, 5) is 48.3. The first kappa shape index (κ1) is 21.2. The largest absolute Gasteiger partial charge is 0.425 e. The molecule has 1 aliphatic heterocycles. The smallest absolute Gasteiger partial charge is 0.338 e. The second-order valence-electron chi connectivity index (χ2n) is 6.59. The summed E-state index contributed by atoms with van der Waals surface area (Å²) in [5, 5.41) is 5.89. The van der Waals surface area contributed by atoms with E-state index >= 15 is 0 Å². The summed E-state index contributed by atoms with van der Waals surface area (Å²) in [5.74, 6) is -2.64. The van der Waals surface area contributed by atoms with Crippen LogP contribution in [0.5, 0.6) is 0 Å². The predicted octanol–water partition coefficient (Wildman–Crippen LogP) is 1.48. The molecule has 1 atom stereocenters. The highest BCUT2D eigenvalue weighted by atomic mass is 19.4. The first-order chi connectivity index (χ1) is 13.0. The average Bonchev–Trinajstić information content (AvgIpc) is 2.86. The van der Waals surface area contributed by atoms with E-state index in [1.165, 1.54) is 18.2 Å². The van der Waals surface area contributed by atoms with Gasteiger partial charge < -0.3 is 10.6 Å². The number of rotatable bonds is 5. The van der Waals surface area contributed by atoms with E-state index in [-0.39, 0.29) is 17.4 Å². The summed E-state index contributed by atoms with van der Waals surface area (Å²) < 4.78 is 41.4. The fraction of sp³-hybridized carbons (Fsp3) is 0.412. The Hall–Kier alpha value is -3.11. The van der Waals surface area contributed by atoms with E-state index < -0.39 is 47.7 Å². The number of urea groups is 2. The van der Waals surface area contributed by atoms with Crippen LogP contribution in [0, 0.1) is 5.92 Å². The highest BCUT2D eigenvalue weighted by molar-refractivity contribution is 6.10. The lowest BCUT2D eigenvalue weighted by molar-refractivity contribution is -0.198.